The van der Waals surface area contributed by atoms with E-state index in [0.717, 1.165) is 0 Å². The number of nitriles is 2. The van der Waals surface area contributed by atoms with E-state index in [2.05, 4.69) is 12.1 Å². The van der Waals surface area contributed by atoms with E-state index in [1.807, 2.05) is 4.90 Å². The molecule has 5 heteroatoms. The molecule has 0 saturated carbocycles. The van der Waals surface area contributed by atoms with Gasteiger partial charge in [0.1, 0.15) is 6.07 Å². The largest absolute Gasteiger partial charge is 0.363 e. The average Bonchev–Trinajstić information content (AvgIpc) is 2.38. The maximum absolute atomic E-state index is 9.07. The molecule has 17 heavy (non-hydrogen) atoms. The summed E-state index contributed by atoms with van der Waals surface area (Å²) >= 11 is 6.12. The first-order valence-electron chi connectivity index (χ1n) is 5.21. The van der Waals surface area contributed by atoms with Gasteiger partial charge in [0.05, 0.1) is 35.5 Å². The molecule has 1 aromatic carbocycles. The lowest BCUT2D eigenvalue weighted by Gasteiger charge is -2.32. The zero-order valence-corrected chi connectivity index (χ0v) is 9.81. The SMILES string of the molecule is N#Cc1cccc(Cl)c1N1CCOC(C#N)C1. The van der Waals surface area contributed by atoms with Crippen LogP contribution in [0.15, 0.2) is 18.2 Å². The molecular weight excluding hydrogens is 238 g/mol. The number of hydrogen-bond donors (Lipinski definition) is 0. The third kappa shape index (κ3) is 2.34. The van der Waals surface area contributed by atoms with Gasteiger partial charge in [-0.3, -0.25) is 0 Å². The van der Waals surface area contributed by atoms with Gasteiger partial charge in [-0.15, -0.1) is 0 Å². The molecule has 1 aliphatic heterocycles. The summed E-state index contributed by atoms with van der Waals surface area (Å²) < 4.78 is 5.26. The number of anilines is 1. The second-order valence-corrected chi connectivity index (χ2v) is 4.09. The Balaban J connectivity index is 2.34. The third-order valence-corrected chi connectivity index (χ3v) is 2.94. The quantitative estimate of drug-likeness (QED) is 0.761. The minimum absolute atomic E-state index is 0.439. The minimum Gasteiger partial charge on any atom is -0.363 e. The van der Waals surface area contributed by atoms with Crippen molar-refractivity contribution >= 4 is 17.3 Å². The number of halogens is 1. The molecule has 1 unspecified atom stereocenters. The maximum Gasteiger partial charge on any atom is 0.161 e. The van der Waals surface area contributed by atoms with E-state index in [1.165, 1.54) is 0 Å². The Labute approximate surface area is 105 Å². The number of morpholine rings is 1. The standard InChI is InChI=1S/C12H10ClN3O/c13-11-3-1-2-9(6-14)12(11)16-4-5-17-10(7-15)8-16/h1-3,10H,4-5,8H2. The van der Waals surface area contributed by atoms with Crippen molar-refractivity contribution in [2.24, 2.45) is 0 Å². The van der Waals surface area contributed by atoms with Crippen molar-refractivity contribution in [1.82, 2.24) is 0 Å². The molecule has 1 fully saturated rings. The molecule has 0 radical (unpaired) electrons. The van der Waals surface area contributed by atoms with Crippen molar-refractivity contribution in [2.45, 2.75) is 6.10 Å². The summed E-state index contributed by atoms with van der Waals surface area (Å²) in [5.41, 5.74) is 1.22. The lowest BCUT2D eigenvalue weighted by atomic mass is 10.1. The van der Waals surface area contributed by atoms with Crippen LogP contribution in [0.3, 0.4) is 0 Å². The minimum atomic E-state index is -0.466. The molecular formula is C12H10ClN3O. The molecule has 2 rings (SSSR count). The number of rotatable bonds is 1. The van der Waals surface area contributed by atoms with Crippen LogP contribution in [0.25, 0.3) is 0 Å². The summed E-state index contributed by atoms with van der Waals surface area (Å²) in [6.45, 7) is 1.54. The Kier molecular flexibility index (Phi) is 3.49. The van der Waals surface area contributed by atoms with Crippen LogP contribution in [-0.2, 0) is 4.74 Å². The summed E-state index contributed by atoms with van der Waals surface area (Å²) in [5.74, 6) is 0. The smallest absolute Gasteiger partial charge is 0.161 e. The number of para-hydroxylation sites is 1. The summed E-state index contributed by atoms with van der Waals surface area (Å²) in [7, 11) is 0. The molecule has 0 bridgehead atoms. The van der Waals surface area contributed by atoms with Crippen LogP contribution in [0.4, 0.5) is 5.69 Å². The van der Waals surface area contributed by atoms with E-state index in [-0.39, 0.29) is 0 Å². The van der Waals surface area contributed by atoms with Crippen LogP contribution < -0.4 is 4.90 Å². The molecule has 1 heterocycles. The first-order chi connectivity index (χ1) is 8.26. The van der Waals surface area contributed by atoms with Gasteiger partial charge in [0, 0.05) is 6.54 Å². The first-order valence-corrected chi connectivity index (χ1v) is 5.59. The molecule has 1 atom stereocenters. The van der Waals surface area contributed by atoms with Gasteiger partial charge in [-0.05, 0) is 12.1 Å². The highest BCUT2D eigenvalue weighted by atomic mass is 35.5. The molecule has 0 spiro atoms. The van der Waals surface area contributed by atoms with Crippen molar-refractivity contribution in [2.75, 3.05) is 24.6 Å². The van der Waals surface area contributed by atoms with Gasteiger partial charge in [-0.1, -0.05) is 17.7 Å². The molecule has 0 aliphatic carbocycles. The number of ether oxygens (including phenoxy) is 1. The van der Waals surface area contributed by atoms with Crippen LogP contribution in [-0.4, -0.2) is 25.8 Å². The molecule has 1 aromatic rings. The second-order valence-electron chi connectivity index (χ2n) is 3.68. The van der Waals surface area contributed by atoms with Crippen molar-refractivity contribution < 1.29 is 4.74 Å². The van der Waals surface area contributed by atoms with E-state index in [4.69, 9.17) is 26.9 Å². The van der Waals surface area contributed by atoms with E-state index >= 15 is 0 Å². The average molecular weight is 248 g/mol. The van der Waals surface area contributed by atoms with Crippen LogP contribution in [0, 0.1) is 22.7 Å². The fourth-order valence-electron chi connectivity index (χ4n) is 1.86. The Hall–Kier alpha value is -1.75. The Morgan fingerprint density at radius 2 is 2.24 bits per heavy atom. The Morgan fingerprint density at radius 3 is 2.94 bits per heavy atom. The maximum atomic E-state index is 9.07. The monoisotopic (exact) mass is 247 g/mol. The summed E-state index contributed by atoms with van der Waals surface area (Å²) in [6, 6.07) is 9.39. The summed E-state index contributed by atoms with van der Waals surface area (Å²) in [4.78, 5) is 1.93. The Morgan fingerprint density at radius 1 is 1.41 bits per heavy atom. The van der Waals surface area contributed by atoms with Gasteiger partial charge in [-0.25, -0.2) is 0 Å². The van der Waals surface area contributed by atoms with Crippen LogP contribution in [0.2, 0.25) is 5.02 Å². The molecule has 0 amide bonds. The van der Waals surface area contributed by atoms with E-state index in [0.29, 0.717) is 36.0 Å². The topological polar surface area (TPSA) is 60.1 Å². The van der Waals surface area contributed by atoms with Gasteiger partial charge in [0.25, 0.3) is 0 Å². The molecule has 0 N–H and O–H groups in total. The van der Waals surface area contributed by atoms with Gasteiger partial charge < -0.3 is 9.64 Å². The zero-order chi connectivity index (χ0) is 12.3. The fourth-order valence-corrected chi connectivity index (χ4v) is 2.15. The zero-order valence-electron chi connectivity index (χ0n) is 9.06. The van der Waals surface area contributed by atoms with Gasteiger partial charge in [0.15, 0.2) is 6.10 Å². The number of nitrogens with zero attached hydrogens (tertiary/aromatic N) is 3. The van der Waals surface area contributed by atoms with Crippen LogP contribution in [0.5, 0.6) is 0 Å². The van der Waals surface area contributed by atoms with Crippen molar-refractivity contribution in [3.8, 4) is 12.1 Å². The predicted molar refractivity (Wildman–Crippen MR) is 63.7 cm³/mol. The molecule has 1 aliphatic rings. The molecule has 1 saturated heterocycles. The van der Waals surface area contributed by atoms with Gasteiger partial charge in [0.2, 0.25) is 0 Å². The summed E-state index contributed by atoms with van der Waals surface area (Å²) in [5, 5.41) is 18.4. The lowest BCUT2D eigenvalue weighted by Crippen LogP contribution is -2.42. The second kappa shape index (κ2) is 5.05. The highest BCUT2D eigenvalue weighted by Gasteiger charge is 2.23. The number of hydrogen-bond acceptors (Lipinski definition) is 4. The highest BCUT2D eigenvalue weighted by Crippen LogP contribution is 2.30. The summed E-state index contributed by atoms with van der Waals surface area (Å²) in [6.07, 6.45) is -0.466. The van der Waals surface area contributed by atoms with Gasteiger partial charge >= 0.3 is 0 Å². The highest BCUT2D eigenvalue weighted by molar-refractivity contribution is 6.33. The fraction of sp³-hybridized carbons (Fsp3) is 0.333. The van der Waals surface area contributed by atoms with Crippen LogP contribution >= 0.6 is 11.6 Å². The third-order valence-electron chi connectivity index (χ3n) is 2.63. The molecule has 0 aromatic heterocycles. The van der Waals surface area contributed by atoms with Gasteiger partial charge in [-0.2, -0.15) is 10.5 Å². The van der Waals surface area contributed by atoms with Crippen LogP contribution in [0.1, 0.15) is 5.56 Å². The lowest BCUT2D eigenvalue weighted by molar-refractivity contribution is 0.0764. The van der Waals surface area contributed by atoms with E-state index < -0.39 is 6.10 Å². The first kappa shape index (κ1) is 11.7. The normalized spacial score (nSPS) is 19.5. The van der Waals surface area contributed by atoms with Crippen molar-refractivity contribution in [1.29, 1.82) is 10.5 Å². The molecule has 86 valence electrons. The van der Waals surface area contributed by atoms with Crippen molar-refractivity contribution in [3.63, 3.8) is 0 Å². The van der Waals surface area contributed by atoms with Crippen molar-refractivity contribution in [3.05, 3.63) is 28.8 Å². The predicted octanol–water partition coefficient (Wildman–Crippen LogP) is 1.94. The van der Waals surface area contributed by atoms with E-state index in [1.54, 1.807) is 18.2 Å². The molecule has 4 nitrogen and oxygen atoms in total. The number of benzene rings is 1. The van der Waals surface area contributed by atoms with E-state index in [9.17, 15) is 0 Å². The Bertz CT molecular complexity index is 503.